The summed E-state index contributed by atoms with van der Waals surface area (Å²) >= 11 is 1.73. The van der Waals surface area contributed by atoms with E-state index in [0.717, 1.165) is 25.7 Å². The maximum atomic E-state index is 10.9. The molecule has 1 aliphatic rings. The van der Waals surface area contributed by atoms with Crippen LogP contribution in [0.15, 0.2) is 29.2 Å². The highest BCUT2D eigenvalue weighted by atomic mass is 32.2. The Bertz CT molecular complexity index is 414. The second kappa shape index (κ2) is 6.14. The molecule has 18 heavy (non-hydrogen) atoms. The molecule has 4 heteroatoms. The highest BCUT2D eigenvalue weighted by molar-refractivity contribution is 7.98. The van der Waals surface area contributed by atoms with Gasteiger partial charge in [-0.3, -0.25) is 4.79 Å². The van der Waals surface area contributed by atoms with E-state index in [9.17, 15) is 4.79 Å². The van der Waals surface area contributed by atoms with Crippen molar-refractivity contribution in [3.05, 3.63) is 24.3 Å². The number of para-hydroxylation sites is 1. The normalized spacial score (nSPS) is 23.6. The van der Waals surface area contributed by atoms with Gasteiger partial charge in [-0.25, -0.2) is 0 Å². The molecule has 0 radical (unpaired) electrons. The maximum absolute atomic E-state index is 10.9. The number of nitrogens with one attached hydrogen (secondary N) is 1. The first kappa shape index (κ1) is 13.3. The highest BCUT2D eigenvalue weighted by Gasteiger charge is 2.25. The average Bonchev–Trinajstić information content (AvgIpc) is 2.40. The van der Waals surface area contributed by atoms with Crippen LogP contribution in [0.1, 0.15) is 25.7 Å². The average molecular weight is 265 g/mol. The maximum Gasteiger partial charge on any atom is 0.306 e. The van der Waals surface area contributed by atoms with Crippen LogP contribution in [0.5, 0.6) is 0 Å². The molecule has 1 saturated carbocycles. The standard InChI is InChI=1S/C14H19NO2S/c1-18-13-5-3-2-4-12(13)15-11-8-6-10(7-9-11)14(16)17/h2-5,10-11,15H,6-9H2,1H3,(H,16,17). The van der Waals surface area contributed by atoms with E-state index in [2.05, 4.69) is 23.7 Å². The van der Waals surface area contributed by atoms with Crippen molar-refractivity contribution in [3.63, 3.8) is 0 Å². The van der Waals surface area contributed by atoms with Crippen molar-refractivity contribution in [2.75, 3.05) is 11.6 Å². The van der Waals surface area contributed by atoms with Crippen molar-refractivity contribution in [3.8, 4) is 0 Å². The van der Waals surface area contributed by atoms with E-state index in [1.54, 1.807) is 11.8 Å². The molecule has 0 unspecified atom stereocenters. The van der Waals surface area contributed by atoms with Crippen molar-refractivity contribution >= 4 is 23.4 Å². The van der Waals surface area contributed by atoms with Crippen LogP contribution in [0, 0.1) is 5.92 Å². The lowest BCUT2D eigenvalue weighted by molar-refractivity contribution is -0.142. The van der Waals surface area contributed by atoms with Crippen molar-refractivity contribution in [2.24, 2.45) is 5.92 Å². The van der Waals surface area contributed by atoms with Crippen molar-refractivity contribution in [1.82, 2.24) is 0 Å². The van der Waals surface area contributed by atoms with E-state index < -0.39 is 5.97 Å². The summed E-state index contributed by atoms with van der Waals surface area (Å²) < 4.78 is 0. The van der Waals surface area contributed by atoms with E-state index in [4.69, 9.17) is 5.11 Å². The van der Waals surface area contributed by atoms with E-state index in [1.807, 2.05) is 12.1 Å². The monoisotopic (exact) mass is 265 g/mol. The zero-order valence-electron chi connectivity index (χ0n) is 10.6. The summed E-state index contributed by atoms with van der Waals surface area (Å²) in [5.41, 5.74) is 1.17. The number of hydrogen-bond donors (Lipinski definition) is 2. The highest BCUT2D eigenvalue weighted by Crippen LogP contribution is 2.30. The lowest BCUT2D eigenvalue weighted by atomic mass is 9.86. The quantitative estimate of drug-likeness (QED) is 0.818. The second-order valence-corrected chi connectivity index (χ2v) is 5.58. The first-order valence-corrected chi connectivity index (χ1v) is 7.55. The Morgan fingerprint density at radius 2 is 1.94 bits per heavy atom. The summed E-state index contributed by atoms with van der Waals surface area (Å²) in [7, 11) is 0. The Hall–Kier alpha value is -1.16. The van der Waals surface area contributed by atoms with Crippen LogP contribution < -0.4 is 5.32 Å². The minimum absolute atomic E-state index is 0.140. The minimum atomic E-state index is -0.641. The van der Waals surface area contributed by atoms with Crippen molar-refractivity contribution in [1.29, 1.82) is 0 Å². The van der Waals surface area contributed by atoms with Crippen LogP contribution in [0.2, 0.25) is 0 Å². The number of anilines is 1. The Morgan fingerprint density at radius 3 is 2.56 bits per heavy atom. The first-order valence-electron chi connectivity index (χ1n) is 6.33. The summed E-state index contributed by atoms with van der Waals surface area (Å²) in [5.74, 6) is -0.781. The molecule has 1 aliphatic carbocycles. The molecule has 3 nitrogen and oxygen atoms in total. The number of rotatable bonds is 4. The fourth-order valence-electron chi connectivity index (χ4n) is 2.47. The molecular formula is C14H19NO2S. The Kier molecular flexibility index (Phi) is 4.53. The number of thioether (sulfide) groups is 1. The number of aliphatic carboxylic acids is 1. The Labute approximate surface area is 112 Å². The zero-order chi connectivity index (χ0) is 13.0. The molecule has 1 fully saturated rings. The van der Waals surface area contributed by atoms with Gasteiger partial charge in [0.1, 0.15) is 0 Å². The smallest absolute Gasteiger partial charge is 0.306 e. The molecule has 0 spiro atoms. The van der Waals surface area contributed by atoms with Crippen LogP contribution in [0.25, 0.3) is 0 Å². The summed E-state index contributed by atoms with van der Waals surface area (Å²) in [4.78, 5) is 12.1. The number of carboxylic acids is 1. The third kappa shape index (κ3) is 3.19. The SMILES string of the molecule is CSc1ccccc1NC1CCC(C(=O)O)CC1. The predicted octanol–water partition coefficient (Wildman–Crippen LogP) is 3.46. The fourth-order valence-corrected chi connectivity index (χ4v) is 3.03. The van der Waals surface area contributed by atoms with E-state index >= 15 is 0 Å². The fraction of sp³-hybridized carbons (Fsp3) is 0.500. The van der Waals surface area contributed by atoms with Gasteiger partial charge in [-0.15, -0.1) is 11.8 Å². The van der Waals surface area contributed by atoms with Crippen LogP contribution in [-0.4, -0.2) is 23.4 Å². The number of hydrogen-bond acceptors (Lipinski definition) is 3. The third-order valence-electron chi connectivity index (χ3n) is 3.54. The minimum Gasteiger partial charge on any atom is -0.481 e. The molecule has 98 valence electrons. The summed E-state index contributed by atoms with van der Waals surface area (Å²) in [5, 5.41) is 12.5. The molecular weight excluding hydrogens is 246 g/mol. The number of carbonyl (C=O) groups is 1. The molecule has 2 N–H and O–H groups in total. The van der Waals surface area contributed by atoms with Gasteiger partial charge in [0.15, 0.2) is 0 Å². The molecule has 1 aromatic carbocycles. The van der Waals surface area contributed by atoms with Gasteiger partial charge in [-0.1, -0.05) is 12.1 Å². The molecule has 0 atom stereocenters. The number of benzene rings is 1. The summed E-state index contributed by atoms with van der Waals surface area (Å²) in [6.45, 7) is 0. The van der Waals surface area contributed by atoms with Crippen molar-refractivity contribution < 1.29 is 9.90 Å². The largest absolute Gasteiger partial charge is 0.481 e. The molecule has 0 bridgehead atoms. The number of carboxylic acid groups (broad SMARTS) is 1. The third-order valence-corrected chi connectivity index (χ3v) is 4.34. The molecule has 0 saturated heterocycles. The van der Waals surface area contributed by atoms with Gasteiger partial charge in [0.25, 0.3) is 0 Å². The molecule has 0 aromatic heterocycles. The molecule has 0 amide bonds. The zero-order valence-corrected chi connectivity index (χ0v) is 11.4. The van der Waals surface area contributed by atoms with E-state index in [0.29, 0.717) is 6.04 Å². The van der Waals surface area contributed by atoms with Crippen LogP contribution in [0.4, 0.5) is 5.69 Å². The predicted molar refractivity (Wildman–Crippen MR) is 75.2 cm³/mol. The van der Waals surface area contributed by atoms with E-state index in [1.165, 1.54) is 10.6 Å². The topological polar surface area (TPSA) is 49.3 Å². The van der Waals surface area contributed by atoms with Gasteiger partial charge >= 0.3 is 5.97 Å². The molecule has 2 rings (SSSR count). The van der Waals surface area contributed by atoms with Gasteiger partial charge in [0, 0.05) is 16.6 Å². The Morgan fingerprint density at radius 1 is 1.28 bits per heavy atom. The molecule has 1 aromatic rings. The second-order valence-electron chi connectivity index (χ2n) is 4.73. The lowest BCUT2D eigenvalue weighted by Crippen LogP contribution is -2.29. The summed E-state index contributed by atoms with van der Waals surface area (Å²) in [6, 6.07) is 8.68. The summed E-state index contributed by atoms with van der Waals surface area (Å²) in [6.07, 6.45) is 5.53. The van der Waals surface area contributed by atoms with Crippen LogP contribution in [0.3, 0.4) is 0 Å². The van der Waals surface area contributed by atoms with Gasteiger partial charge in [-0.2, -0.15) is 0 Å². The van der Waals surface area contributed by atoms with E-state index in [-0.39, 0.29) is 5.92 Å². The molecule has 0 aliphatic heterocycles. The van der Waals surface area contributed by atoms with Gasteiger partial charge in [0.05, 0.1) is 5.92 Å². The van der Waals surface area contributed by atoms with Crippen LogP contribution >= 0.6 is 11.8 Å². The van der Waals surface area contributed by atoms with Crippen LogP contribution in [-0.2, 0) is 4.79 Å². The lowest BCUT2D eigenvalue weighted by Gasteiger charge is -2.28. The van der Waals surface area contributed by atoms with Gasteiger partial charge < -0.3 is 10.4 Å². The van der Waals surface area contributed by atoms with Crippen molar-refractivity contribution in [2.45, 2.75) is 36.6 Å². The Balaban J connectivity index is 1.93. The van der Waals surface area contributed by atoms with Gasteiger partial charge in [0.2, 0.25) is 0 Å². The molecule has 0 heterocycles. The van der Waals surface area contributed by atoms with Gasteiger partial charge in [-0.05, 0) is 44.1 Å². The first-order chi connectivity index (χ1) is 8.70.